The van der Waals surface area contributed by atoms with E-state index in [1.54, 1.807) is 12.1 Å². The third kappa shape index (κ3) is 4.31. The molecule has 2 aliphatic rings. The van der Waals surface area contributed by atoms with Crippen molar-refractivity contribution in [3.05, 3.63) is 29.8 Å². The fourth-order valence-corrected chi connectivity index (χ4v) is 3.98. The molecule has 25 heavy (non-hydrogen) atoms. The first-order valence-electron chi connectivity index (χ1n) is 8.65. The fraction of sp³-hybridized carbons (Fsp3) is 0.588. The van der Waals surface area contributed by atoms with Crippen LogP contribution in [0.15, 0.2) is 34.2 Å². The Kier molecular flexibility index (Phi) is 5.31. The Labute approximate surface area is 149 Å². The standard InChI is InChI=1S/C17H26N4O3S/c1-2-19-16(21-9-7-17(12-21)8-10-24-13-17)20-11-14-3-5-15(6-4-14)25(18,22)23/h3-6H,2,7-13H2,1H3,(H,19,20)(H2,18,22,23). The summed E-state index contributed by atoms with van der Waals surface area (Å²) in [5.41, 5.74) is 1.23. The van der Waals surface area contributed by atoms with Crippen molar-refractivity contribution < 1.29 is 13.2 Å². The highest BCUT2D eigenvalue weighted by Gasteiger charge is 2.42. The number of hydrogen-bond acceptors (Lipinski definition) is 4. The van der Waals surface area contributed by atoms with Crippen molar-refractivity contribution in [1.29, 1.82) is 0 Å². The molecule has 8 heteroatoms. The fourth-order valence-electron chi connectivity index (χ4n) is 3.46. The van der Waals surface area contributed by atoms with Gasteiger partial charge in [-0.2, -0.15) is 0 Å². The van der Waals surface area contributed by atoms with E-state index in [9.17, 15) is 8.42 Å². The average molecular weight is 366 g/mol. The second-order valence-corrected chi connectivity index (χ2v) is 8.39. The Balaban J connectivity index is 1.68. The molecule has 0 bridgehead atoms. The first-order chi connectivity index (χ1) is 11.9. The topological polar surface area (TPSA) is 97.0 Å². The van der Waals surface area contributed by atoms with Crippen LogP contribution >= 0.6 is 0 Å². The third-order valence-electron chi connectivity index (χ3n) is 4.92. The lowest BCUT2D eigenvalue weighted by Crippen LogP contribution is -2.41. The van der Waals surface area contributed by atoms with Gasteiger partial charge in [-0.1, -0.05) is 12.1 Å². The Hall–Kier alpha value is -1.64. The predicted molar refractivity (Wildman–Crippen MR) is 96.7 cm³/mol. The monoisotopic (exact) mass is 366 g/mol. The lowest BCUT2D eigenvalue weighted by atomic mass is 9.87. The zero-order chi connectivity index (χ0) is 17.9. The van der Waals surface area contributed by atoms with E-state index in [-0.39, 0.29) is 10.3 Å². The summed E-state index contributed by atoms with van der Waals surface area (Å²) in [6.07, 6.45) is 2.26. The second-order valence-electron chi connectivity index (χ2n) is 6.83. The van der Waals surface area contributed by atoms with Crippen molar-refractivity contribution in [2.24, 2.45) is 15.5 Å². The molecule has 138 valence electrons. The molecule has 1 aromatic carbocycles. The molecule has 1 unspecified atom stereocenters. The number of sulfonamides is 1. The Morgan fingerprint density at radius 2 is 2.12 bits per heavy atom. The molecule has 0 saturated carbocycles. The number of hydrogen-bond donors (Lipinski definition) is 2. The number of guanidine groups is 1. The molecule has 2 fully saturated rings. The summed E-state index contributed by atoms with van der Waals surface area (Å²) in [6.45, 7) is 7.02. The second kappa shape index (κ2) is 7.31. The Morgan fingerprint density at radius 1 is 1.36 bits per heavy atom. The maximum atomic E-state index is 11.3. The number of benzene rings is 1. The number of aliphatic imine (C=N–C) groups is 1. The summed E-state index contributed by atoms with van der Waals surface area (Å²) in [7, 11) is -3.65. The van der Waals surface area contributed by atoms with E-state index in [4.69, 9.17) is 14.9 Å². The van der Waals surface area contributed by atoms with Gasteiger partial charge in [0.15, 0.2) is 5.96 Å². The first kappa shape index (κ1) is 18.2. The number of nitrogens with one attached hydrogen (secondary N) is 1. The highest BCUT2D eigenvalue weighted by molar-refractivity contribution is 7.89. The predicted octanol–water partition coefficient (Wildman–Crippen LogP) is 0.912. The molecule has 2 saturated heterocycles. The van der Waals surface area contributed by atoms with Gasteiger partial charge in [0.25, 0.3) is 0 Å². The van der Waals surface area contributed by atoms with Crippen LogP contribution in [0.1, 0.15) is 25.3 Å². The van der Waals surface area contributed by atoms with E-state index in [0.717, 1.165) is 57.2 Å². The van der Waals surface area contributed by atoms with E-state index >= 15 is 0 Å². The van der Waals surface area contributed by atoms with Crippen molar-refractivity contribution in [1.82, 2.24) is 10.2 Å². The van der Waals surface area contributed by atoms with Crippen LogP contribution in [-0.2, 0) is 21.3 Å². The molecule has 1 atom stereocenters. The van der Waals surface area contributed by atoms with Gasteiger partial charge < -0.3 is 15.0 Å². The van der Waals surface area contributed by atoms with E-state index in [1.165, 1.54) is 12.1 Å². The van der Waals surface area contributed by atoms with Crippen molar-refractivity contribution in [2.75, 3.05) is 32.8 Å². The van der Waals surface area contributed by atoms with E-state index < -0.39 is 10.0 Å². The largest absolute Gasteiger partial charge is 0.381 e. The maximum absolute atomic E-state index is 11.3. The normalized spacial score (nSPS) is 24.2. The van der Waals surface area contributed by atoms with E-state index in [0.29, 0.717) is 6.54 Å². The van der Waals surface area contributed by atoms with Crippen molar-refractivity contribution >= 4 is 16.0 Å². The molecule has 0 aliphatic carbocycles. The van der Waals surface area contributed by atoms with Crippen LogP contribution in [0.25, 0.3) is 0 Å². The van der Waals surface area contributed by atoms with Gasteiger partial charge >= 0.3 is 0 Å². The molecule has 3 rings (SSSR count). The molecule has 7 nitrogen and oxygen atoms in total. The molecule has 1 aromatic rings. The van der Waals surface area contributed by atoms with Gasteiger partial charge in [-0.15, -0.1) is 0 Å². The van der Waals surface area contributed by atoms with Gasteiger partial charge in [-0.05, 0) is 37.5 Å². The number of primary sulfonamides is 1. The number of rotatable bonds is 4. The van der Waals surface area contributed by atoms with E-state index in [2.05, 4.69) is 17.1 Å². The molecule has 2 heterocycles. The molecule has 2 aliphatic heterocycles. The highest BCUT2D eigenvalue weighted by Crippen LogP contribution is 2.38. The number of nitrogens with zero attached hydrogens (tertiary/aromatic N) is 2. The molecule has 0 aromatic heterocycles. The summed E-state index contributed by atoms with van der Waals surface area (Å²) >= 11 is 0. The van der Waals surface area contributed by atoms with Crippen LogP contribution in [0.4, 0.5) is 0 Å². The smallest absolute Gasteiger partial charge is 0.238 e. The summed E-state index contributed by atoms with van der Waals surface area (Å²) in [5, 5.41) is 8.48. The van der Waals surface area contributed by atoms with Crippen molar-refractivity contribution in [3.63, 3.8) is 0 Å². The molecule has 3 N–H and O–H groups in total. The molecule has 0 radical (unpaired) electrons. The molecular weight excluding hydrogens is 340 g/mol. The summed E-state index contributed by atoms with van der Waals surface area (Å²) in [4.78, 5) is 7.14. The summed E-state index contributed by atoms with van der Waals surface area (Å²) < 4.78 is 28.2. The van der Waals surface area contributed by atoms with Crippen molar-refractivity contribution in [3.8, 4) is 0 Å². The minimum absolute atomic E-state index is 0.120. The van der Waals surface area contributed by atoms with Crippen LogP contribution in [-0.4, -0.2) is 52.1 Å². The quantitative estimate of drug-likeness (QED) is 0.610. The maximum Gasteiger partial charge on any atom is 0.238 e. The van der Waals surface area contributed by atoms with Gasteiger partial charge in [-0.3, -0.25) is 0 Å². The van der Waals surface area contributed by atoms with Crippen LogP contribution in [0, 0.1) is 5.41 Å². The third-order valence-corrected chi connectivity index (χ3v) is 5.85. The number of nitrogens with two attached hydrogens (primary N) is 1. The lowest BCUT2D eigenvalue weighted by molar-refractivity contribution is 0.156. The summed E-state index contributed by atoms with van der Waals surface area (Å²) in [6, 6.07) is 6.55. The highest BCUT2D eigenvalue weighted by atomic mass is 32.2. The van der Waals surface area contributed by atoms with Gasteiger partial charge in [0.1, 0.15) is 0 Å². The van der Waals surface area contributed by atoms with Crippen molar-refractivity contribution in [2.45, 2.75) is 31.2 Å². The minimum atomic E-state index is -3.65. The zero-order valence-corrected chi connectivity index (χ0v) is 15.4. The lowest BCUT2D eigenvalue weighted by Gasteiger charge is -2.25. The van der Waals surface area contributed by atoms with Gasteiger partial charge in [0.2, 0.25) is 10.0 Å². The Bertz CT molecular complexity index is 725. The van der Waals surface area contributed by atoms with Gasteiger partial charge in [-0.25, -0.2) is 18.5 Å². The van der Waals surface area contributed by atoms with Crippen LogP contribution < -0.4 is 10.5 Å². The summed E-state index contributed by atoms with van der Waals surface area (Å²) in [5.74, 6) is 0.904. The molecular formula is C17H26N4O3S. The Morgan fingerprint density at radius 3 is 2.72 bits per heavy atom. The van der Waals surface area contributed by atoms with Gasteiger partial charge in [0, 0.05) is 31.7 Å². The molecule has 0 amide bonds. The van der Waals surface area contributed by atoms with Gasteiger partial charge in [0.05, 0.1) is 18.0 Å². The SMILES string of the molecule is CCNC(=NCc1ccc(S(N)(=O)=O)cc1)N1CCC2(CCOC2)C1. The number of ether oxygens (including phenoxy) is 1. The van der Waals surface area contributed by atoms with Crippen LogP contribution in [0.5, 0.6) is 0 Å². The zero-order valence-electron chi connectivity index (χ0n) is 14.6. The van der Waals surface area contributed by atoms with Crippen LogP contribution in [0.3, 0.4) is 0 Å². The minimum Gasteiger partial charge on any atom is -0.381 e. The number of likely N-dealkylation sites (tertiary alicyclic amines) is 1. The first-order valence-corrected chi connectivity index (χ1v) is 10.2. The molecule has 1 spiro atoms. The van der Waals surface area contributed by atoms with E-state index in [1.807, 2.05) is 0 Å². The van der Waals surface area contributed by atoms with Crippen LogP contribution in [0.2, 0.25) is 0 Å². The average Bonchev–Trinajstić information content (AvgIpc) is 3.21.